The molecule has 23 heavy (non-hydrogen) atoms. The second kappa shape index (κ2) is 5.49. The van der Waals surface area contributed by atoms with Crippen molar-refractivity contribution >= 4 is 11.6 Å². The van der Waals surface area contributed by atoms with Crippen LogP contribution in [0.25, 0.3) is 11.3 Å². The molecule has 0 fully saturated rings. The van der Waals surface area contributed by atoms with Crippen LogP contribution >= 0.6 is 0 Å². The number of hydrogen-bond acceptors (Lipinski definition) is 5. The minimum absolute atomic E-state index is 0.191. The van der Waals surface area contributed by atoms with E-state index < -0.39 is 0 Å². The van der Waals surface area contributed by atoms with E-state index in [0.717, 1.165) is 5.56 Å². The molecule has 1 N–H and O–H groups in total. The maximum atomic E-state index is 12.3. The van der Waals surface area contributed by atoms with Crippen LogP contribution in [0, 0.1) is 0 Å². The lowest BCUT2D eigenvalue weighted by molar-refractivity contribution is 0.101. The van der Waals surface area contributed by atoms with Gasteiger partial charge < -0.3 is 19.3 Å². The van der Waals surface area contributed by atoms with Crippen LogP contribution in [0.2, 0.25) is 0 Å². The number of rotatable bonds is 3. The molecule has 0 radical (unpaired) electrons. The second-order valence-electron chi connectivity index (χ2n) is 4.96. The Morgan fingerprint density at radius 2 is 1.83 bits per heavy atom. The topological polar surface area (TPSA) is 73.6 Å². The Kier molecular flexibility index (Phi) is 3.20. The molecule has 6 nitrogen and oxygen atoms in total. The van der Waals surface area contributed by atoms with Gasteiger partial charge in [0.1, 0.15) is 0 Å². The van der Waals surface area contributed by atoms with E-state index in [-0.39, 0.29) is 18.4 Å². The molecule has 3 aromatic rings. The van der Waals surface area contributed by atoms with Crippen molar-refractivity contribution in [1.82, 2.24) is 5.16 Å². The van der Waals surface area contributed by atoms with E-state index in [9.17, 15) is 4.79 Å². The summed E-state index contributed by atoms with van der Waals surface area (Å²) in [5.41, 5.74) is 1.67. The van der Waals surface area contributed by atoms with Gasteiger partial charge in [-0.1, -0.05) is 35.5 Å². The third-order valence-corrected chi connectivity index (χ3v) is 3.43. The molecule has 0 aliphatic carbocycles. The van der Waals surface area contributed by atoms with E-state index in [1.807, 2.05) is 30.3 Å². The number of amides is 1. The highest BCUT2D eigenvalue weighted by Gasteiger charge is 2.17. The van der Waals surface area contributed by atoms with E-state index in [1.165, 1.54) is 0 Å². The van der Waals surface area contributed by atoms with Gasteiger partial charge in [-0.2, -0.15) is 0 Å². The van der Waals surface area contributed by atoms with Crippen molar-refractivity contribution in [3.8, 4) is 22.8 Å². The van der Waals surface area contributed by atoms with Crippen LogP contribution < -0.4 is 14.8 Å². The fourth-order valence-corrected chi connectivity index (χ4v) is 2.29. The Hall–Kier alpha value is -3.28. The average Bonchev–Trinajstić information content (AvgIpc) is 3.24. The van der Waals surface area contributed by atoms with Gasteiger partial charge in [-0.25, -0.2) is 0 Å². The van der Waals surface area contributed by atoms with Crippen LogP contribution in [0.5, 0.6) is 11.5 Å². The van der Waals surface area contributed by atoms with Crippen LogP contribution in [0.15, 0.2) is 59.1 Å². The molecule has 0 atom stereocenters. The molecule has 0 saturated heterocycles. The highest BCUT2D eigenvalue weighted by Crippen LogP contribution is 2.34. The number of ether oxygens (including phenoxy) is 2. The third kappa shape index (κ3) is 2.62. The summed E-state index contributed by atoms with van der Waals surface area (Å²) in [7, 11) is 0. The van der Waals surface area contributed by atoms with Crippen LogP contribution in [0.3, 0.4) is 0 Å². The molecule has 2 heterocycles. The fraction of sp³-hybridized carbons (Fsp3) is 0.0588. The zero-order valence-electron chi connectivity index (χ0n) is 12.0. The predicted molar refractivity (Wildman–Crippen MR) is 82.5 cm³/mol. The van der Waals surface area contributed by atoms with Crippen molar-refractivity contribution in [2.45, 2.75) is 0 Å². The molecule has 0 saturated carbocycles. The molecule has 1 aliphatic heterocycles. The van der Waals surface area contributed by atoms with Gasteiger partial charge in [-0.05, 0) is 12.1 Å². The number of benzene rings is 2. The molecular formula is C17H12N2O4. The number of aromatic nitrogens is 1. The van der Waals surface area contributed by atoms with E-state index in [2.05, 4.69) is 10.5 Å². The monoisotopic (exact) mass is 308 g/mol. The quantitative estimate of drug-likeness (QED) is 0.803. The summed E-state index contributed by atoms with van der Waals surface area (Å²) in [4.78, 5) is 12.3. The number of nitrogens with one attached hydrogen (secondary N) is 1. The number of nitrogens with zero attached hydrogens (tertiary/aromatic N) is 1. The minimum Gasteiger partial charge on any atom is -0.454 e. The lowest BCUT2D eigenvalue weighted by atomic mass is 10.1. The van der Waals surface area contributed by atoms with Crippen molar-refractivity contribution in [3.63, 3.8) is 0 Å². The molecule has 114 valence electrons. The van der Waals surface area contributed by atoms with Crippen LogP contribution in [-0.2, 0) is 0 Å². The van der Waals surface area contributed by atoms with Crippen molar-refractivity contribution < 1.29 is 18.8 Å². The highest BCUT2D eigenvalue weighted by molar-refractivity contribution is 6.03. The normalized spacial score (nSPS) is 12.2. The van der Waals surface area contributed by atoms with E-state index in [1.54, 1.807) is 24.3 Å². The van der Waals surface area contributed by atoms with Gasteiger partial charge in [0, 0.05) is 23.4 Å². The zero-order valence-corrected chi connectivity index (χ0v) is 12.0. The molecular weight excluding hydrogens is 296 g/mol. The molecule has 0 unspecified atom stereocenters. The first-order chi connectivity index (χ1) is 11.3. The molecule has 1 amide bonds. The lowest BCUT2D eigenvalue weighted by Gasteiger charge is -2.03. The van der Waals surface area contributed by atoms with Gasteiger partial charge >= 0.3 is 0 Å². The van der Waals surface area contributed by atoms with E-state index in [4.69, 9.17) is 14.0 Å². The van der Waals surface area contributed by atoms with E-state index in [0.29, 0.717) is 22.9 Å². The second-order valence-corrected chi connectivity index (χ2v) is 4.96. The first kappa shape index (κ1) is 13.4. The first-order valence-electron chi connectivity index (χ1n) is 7.03. The number of anilines is 1. The summed E-state index contributed by atoms with van der Waals surface area (Å²) in [6.45, 7) is 0.191. The van der Waals surface area contributed by atoms with Crippen molar-refractivity contribution in [3.05, 3.63) is 60.3 Å². The Bertz CT molecular complexity index is 858. The Labute approximate surface area is 131 Å². The molecule has 0 bridgehead atoms. The van der Waals surface area contributed by atoms with Gasteiger partial charge in [0.05, 0.1) is 0 Å². The summed E-state index contributed by atoms with van der Waals surface area (Å²) < 4.78 is 15.7. The molecule has 4 rings (SSSR count). The first-order valence-corrected chi connectivity index (χ1v) is 7.03. The fourth-order valence-electron chi connectivity index (χ4n) is 2.29. The number of hydrogen-bond donors (Lipinski definition) is 1. The molecule has 0 spiro atoms. The number of fused-ring (bicyclic) bond motifs is 1. The van der Waals surface area contributed by atoms with E-state index >= 15 is 0 Å². The van der Waals surface area contributed by atoms with Crippen molar-refractivity contribution in [2.24, 2.45) is 0 Å². The molecule has 1 aliphatic rings. The van der Waals surface area contributed by atoms with Gasteiger partial charge in [-0.3, -0.25) is 4.79 Å². The molecule has 6 heteroatoms. The van der Waals surface area contributed by atoms with Crippen LogP contribution in [0.4, 0.5) is 5.69 Å². The molecule has 2 aromatic carbocycles. The lowest BCUT2D eigenvalue weighted by Crippen LogP contribution is -2.12. The summed E-state index contributed by atoms with van der Waals surface area (Å²) in [5, 5.41) is 6.57. The van der Waals surface area contributed by atoms with Crippen LogP contribution in [0.1, 0.15) is 10.5 Å². The van der Waals surface area contributed by atoms with Gasteiger partial charge in [-0.15, -0.1) is 0 Å². The van der Waals surface area contributed by atoms with Crippen molar-refractivity contribution in [1.29, 1.82) is 0 Å². The van der Waals surface area contributed by atoms with Gasteiger partial charge in [0.25, 0.3) is 5.91 Å². The maximum absolute atomic E-state index is 12.3. The minimum atomic E-state index is -0.352. The number of carbonyl (C=O) groups is 1. The maximum Gasteiger partial charge on any atom is 0.277 e. The average molecular weight is 308 g/mol. The Morgan fingerprint density at radius 3 is 2.70 bits per heavy atom. The third-order valence-electron chi connectivity index (χ3n) is 3.43. The smallest absolute Gasteiger partial charge is 0.277 e. The predicted octanol–water partition coefficient (Wildman–Crippen LogP) is 3.32. The Morgan fingerprint density at radius 1 is 1.00 bits per heavy atom. The van der Waals surface area contributed by atoms with Gasteiger partial charge in [0.2, 0.25) is 6.79 Å². The zero-order chi connectivity index (χ0) is 15.6. The van der Waals surface area contributed by atoms with Gasteiger partial charge in [0.15, 0.2) is 23.0 Å². The Balaban J connectivity index is 1.52. The highest BCUT2D eigenvalue weighted by atomic mass is 16.7. The standard InChI is InChI=1S/C17H12N2O4/c20-17(18-12-6-7-14-16(8-12)22-10-21-14)13-9-15(23-19-13)11-4-2-1-3-5-11/h1-9H,10H2,(H,18,20). The van der Waals surface area contributed by atoms with Crippen molar-refractivity contribution in [2.75, 3.05) is 12.1 Å². The summed E-state index contributed by atoms with van der Waals surface area (Å²) in [6, 6.07) is 16.3. The SMILES string of the molecule is O=C(Nc1ccc2c(c1)OCO2)c1cc(-c2ccccc2)on1. The largest absolute Gasteiger partial charge is 0.454 e. The summed E-state index contributed by atoms with van der Waals surface area (Å²) in [5.74, 6) is 1.46. The van der Waals surface area contributed by atoms with Crippen LogP contribution in [-0.4, -0.2) is 17.9 Å². The number of carbonyl (C=O) groups excluding carboxylic acids is 1. The summed E-state index contributed by atoms with van der Waals surface area (Å²) >= 11 is 0. The summed E-state index contributed by atoms with van der Waals surface area (Å²) in [6.07, 6.45) is 0. The molecule has 1 aromatic heterocycles.